The monoisotopic (exact) mass is 251 g/mol. The lowest BCUT2D eigenvalue weighted by Crippen LogP contribution is -2.50. The van der Waals surface area contributed by atoms with E-state index in [4.69, 9.17) is 0 Å². The molecular weight excluding hydrogens is 226 g/mol. The average Bonchev–Trinajstić information content (AvgIpc) is 3.08. The molecule has 0 saturated heterocycles. The van der Waals surface area contributed by atoms with Gasteiger partial charge in [0, 0.05) is 11.7 Å². The Bertz CT molecular complexity index is 423. The molecule has 2 rings (SSSR count). The van der Waals surface area contributed by atoms with Crippen LogP contribution in [0.3, 0.4) is 0 Å². The third kappa shape index (κ3) is 2.75. The third-order valence-electron chi connectivity index (χ3n) is 3.86. The molecule has 1 heterocycles. The van der Waals surface area contributed by atoms with Gasteiger partial charge in [-0.1, -0.05) is 6.92 Å². The topological polar surface area (TPSA) is 50.1 Å². The number of aliphatic hydroxyl groups excluding tert-OH is 1. The third-order valence-corrected chi connectivity index (χ3v) is 3.86. The van der Waals surface area contributed by atoms with Crippen molar-refractivity contribution in [3.8, 4) is 0 Å². The Morgan fingerprint density at radius 2 is 2.11 bits per heavy atom. The normalized spacial score (nSPS) is 18.9. The van der Waals surface area contributed by atoms with Crippen molar-refractivity contribution in [3.63, 3.8) is 0 Å². The van der Waals surface area contributed by atoms with E-state index in [0.717, 1.165) is 18.7 Å². The Kier molecular flexibility index (Phi) is 3.78. The van der Waals surface area contributed by atoms with Gasteiger partial charge in [-0.3, -0.25) is 4.68 Å². The van der Waals surface area contributed by atoms with Crippen molar-refractivity contribution in [2.45, 2.75) is 65.1 Å². The molecule has 102 valence electrons. The van der Waals surface area contributed by atoms with E-state index in [1.54, 1.807) is 0 Å². The molecule has 1 fully saturated rings. The summed E-state index contributed by atoms with van der Waals surface area (Å²) in [5.74, 6) is 0. The van der Waals surface area contributed by atoms with Crippen LogP contribution >= 0.6 is 0 Å². The maximum absolute atomic E-state index is 9.64. The summed E-state index contributed by atoms with van der Waals surface area (Å²) in [5.41, 5.74) is 3.41. The molecule has 0 bridgehead atoms. The van der Waals surface area contributed by atoms with Crippen molar-refractivity contribution in [1.82, 2.24) is 15.1 Å². The molecule has 0 radical (unpaired) electrons. The molecule has 1 atom stereocenters. The number of hydrogen-bond donors (Lipinski definition) is 2. The van der Waals surface area contributed by atoms with Gasteiger partial charge in [0.25, 0.3) is 0 Å². The highest BCUT2D eigenvalue weighted by Gasteiger charge is 2.33. The smallest absolute Gasteiger partial charge is 0.0628 e. The van der Waals surface area contributed by atoms with E-state index in [1.807, 2.05) is 4.68 Å². The summed E-state index contributed by atoms with van der Waals surface area (Å²) in [6, 6.07) is 0.588. The fourth-order valence-electron chi connectivity index (χ4n) is 2.59. The summed E-state index contributed by atoms with van der Waals surface area (Å²) >= 11 is 0. The van der Waals surface area contributed by atoms with Crippen LogP contribution in [0.5, 0.6) is 0 Å². The fourth-order valence-corrected chi connectivity index (χ4v) is 2.59. The van der Waals surface area contributed by atoms with Crippen LogP contribution < -0.4 is 5.32 Å². The van der Waals surface area contributed by atoms with E-state index in [9.17, 15) is 5.11 Å². The zero-order chi connectivity index (χ0) is 13.3. The second-order valence-electron chi connectivity index (χ2n) is 5.80. The Morgan fingerprint density at radius 1 is 1.44 bits per heavy atom. The van der Waals surface area contributed by atoms with Crippen molar-refractivity contribution in [2.75, 3.05) is 6.61 Å². The lowest BCUT2D eigenvalue weighted by atomic mass is 10.0. The van der Waals surface area contributed by atoms with Crippen molar-refractivity contribution < 1.29 is 5.11 Å². The van der Waals surface area contributed by atoms with Crippen LogP contribution in [-0.2, 0) is 13.0 Å². The maximum atomic E-state index is 9.64. The van der Waals surface area contributed by atoms with Gasteiger partial charge in [-0.2, -0.15) is 5.10 Å². The minimum absolute atomic E-state index is 0.142. The number of nitrogens with zero attached hydrogens (tertiary/aromatic N) is 2. The van der Waals surface area contributed by atoms with Crippen molar-refractivity contribution in [2.24, 2.45) is 0 Å². The van der Waals surface area contributed by atoms with E-state index in [0.29, 0.717) is 6.04 Å². The van der Waals surface area contributed by atoms with Gasteiger partial charge in [0.05, 0.1) is 24.4 Å². The first-order valence-corrected chi connectivity index (χ1v) is 6.90. The van der Waals surface area contributed by atoms with Crippen LogP contribution in [0.1, 0.15) is 43.6 Å². The molecule has 0 aromatic carbocycles. The quantitative estimate of drug-likeness (QED) is 0.807. The lowest BCUT2D eigenvalue weighted by molar-refractivity contribution is 0.150. The van der Waals surface area contributed by atoms with Crippen molar-refractivity contribution in [1.29, 1.82) is 0 Å². The van der Waals surface area contributed by atoms with E-state index in [1.165, 1.54) is 24.1 Å². The number of aryl methyl sites for hydroxylation is 1. The van der Waals surface area contributed by atoms with E-state index in [-0.39, 0.29) is 12.1 Å². The van der Waals surface area contributed by atoms with Crippen molar-refractivity contribution >= 4 is 0 Å². The predicted octanol–water partition coefficient (Wildman–Crippen LogP) is 1.57. The molecule has 1 unspecified atom stereocenters. The molecule has 0 spiro atoms. The Hall–Kier alpha value is -0.870. The highest BCUT2D eigenvalue weighted by Crippen LogP contribution is 2.24. The second-order valence-corrected chi connectivity index (χ2v) is 5.80. The minimum Gasteiger partial charge on any atom is -0.394 e. The second kappa shape index (κ2) is 5.02. The molecule has 0 amide bonds. The largest absolute Gasteiger partial charge is 0.394 e. The van der Waals surface area contributed by atoms with Gasteiger partial charge in [-0.25, -0.2) is 0 Å². The summed E-state index contributed by atoms with van der Waals surface area (Å²) < 4.78 is 2.04. The summed E-state index contributed by atoms with van der Waals surface area (Å²) in [4.78, 5) is 0. The van der Waals surface area contributed by atoms with Gasteiger partial charge in [0.2, 0.25) is 0 Å². The Morgan fingerprint density at radius 3 is 2.56 bits per heavy atom. The van der Waals surface area contributed by atoms with E-state index >= 15 is 0 Å². The van der Waals surface area contributed by atoms with Gasteiger partial charge >= 0.3 is 0 Å². The summed E-state index contributed by atoms with van der Waals surface area (Å²) in [6.07, 6.45) is 3.48. The van der Waals surface area contributed by atoms with Crippen LogP contribution in [0, 0.1) is 13.8 Å². The first-order chi connectivity index (χ1) is 8.49. The fraction of sp³-hybridized carbons (Fsp3) is 0.786. The van der Waals surface area contributed by atoms with Gasteiger partial charge in [-0.05, 0) is 45.6 Å². The standard InChI is InChI=1S/C14H25N3O/c1-5-13-10(2)16-17(11(13)3)8-14(4,9-18)15-12-6-7-12/h12,15,18H,5-9H2,1-4H3. The van der Waals surface area contributed by atoms with Crippen LogP contribution in [0.4, 0.5) is 0 Å². The van der Waals surface area contributed by atoms with Crippen LogP contribution in [0.15, 0.2) is 0 Å². The number of nitrogens with one attached hydrogen (secondary N) is 1. The van der Waals surface area contributed by atoms with Gasteiger partial charge in [0.15, 0.2) is 0 Å². The molecule has 1 aromatic heterocycles. The van der Waals surface area contributed by atoms with Crippen LogP contribution in [-0.4, -0.2) is 33.1 Å². The summed E-state index contributed by atoms with van der Waals surface area (Å²) in [7, 11) is 0. The van der Waals surface area contributed by atoms with Gasteiger partial charge in [-0.15, -0.1) is 0 Å². The molecule has 2 N–H and O–H groups in total. The first kappa shape index (κ1) is 13.6. The van der Waals surface area contributed by atoms with Crippen LogP contribution in [0.2, 0.25) is 0 Å². The van der Waals surface area contributed by atoms with Gasteiger partial charge < -0.3 is 10.4 Å². The zero-order valence-electron chi connectivity index (χ0n) is 12.0. The molecular formula is C14H25N3O. The Labute approximate surface area is 109 Å². The van der Waals surface area contributed by atoms with Crippen molar-refractivity contribution in [3.05, 3.63) is 17.0 Å². The van der Waals surface area contributed by atoms with Gasteiger partial charge in [0.1, 0.15) is 0 Å². The first-order valence-electron chi connectivity index (χ1n) is 6.90. The van der Waals surface area contributed by atoms with Crippen LogP contribution in [0.25, 0.3) is 0 Å². The minimum atomic E-state index is -0.268. The number of hydrogen-bond acceptors (Lipinski definition) is 3. The SMILES string of the molecule is CCc1c(C)nn(CC(C)(CO)NC2CC2)c1C. The zero-order valence-corrected chi connectivity index (χ0v) is 12.0. The van der Waals surface area contributed by atoms with E-state index in [2.05, 4.69) is 38.1 Å². The number of aliphatic hydroxyl groups is 1. The average molecular weight is 251 g/mol. The predicted molar refractivity (Wildman–Crippen MR) is 72.7 cm³/mol. The van der Waals surface area contributed by atoms with E-state index < -0.39 is 0 Å². The molecule has 4 heteroatoms. The molecule has 4 nitrogen and oxygen atoms in total. The molecule has 1 aliphatic rings. The molecule has 18 heavy (non-hydrogen) atoms. The highest BCUT2D eigenvalue weighted by atomic mass is 16.3. The molecule has 1 aliphatic carbocycles. The number of rotatable bonds is 6. The summed E-state index contributed by atoms with van der Waals surface area (Å²) in [6.45, 7) is 9.29. The lowest BCUT2D eigenvalue weighted by Gasteiger charge is -2.29. The number of aromatic nitrogens is 2. The highest BCUT2D eigenvalue weighted by molar-refractivity contribution is 5.24. The molecule has 0 aliphatic heterocycles. The molecule has 1 saturated carbocycles. The summed E-state index contributed by atoms with van der Waals surface area (Å²) in [5, 5.41) is 17.8. The molecule has 1 aromatic rings. The maximum Gasteiger partial charge on any atom is 0.0628 e. The Balaban J connectivity index is 2.15.